The third-order valence-corrected chi connectivity index (χ3v) is 3.07. The van der Waals surface area contributed by atoms with E-state index in [1.165, 1.54) is 25.3 Å². The Labute approximate surface area is 114 Å². The van der Waals surface area contributed by atoms with E-state index in [1.54, 1.807) is 24.3 Å². The molecule has 1 heterocycles. The molecule has 20 heavy (non-hydrogen) atoms. The van der Waals surface area contributed by atoms with Crippen LogP contribution in [0.15, 0.2) is 47.3 Å². The fourth-order valence-corrected chi connectivity index (χ4v) is 2.09. The van der Waals surface area contributed by atoms with E-state index in [9.17, 15) is 9.18 Å². The lowest BCUT2D eigenvalue weighted by molar-refractivity contribution is 0.414. The third-order valence-electron chi connectivity index (χ3n) is 3.07. The average Bonchev–Trinajstić information content (AvgIpc) is 2.47. The van der Waals surface area contributed by atoms with Crippen LogP contribution in [0.5, 0.6) is 5.75 Å². The minimum atomic E-state index is -0.343. The zero-order chi connectivity index (χ0) is 14.1. The smallest absolute Gasteiger partial charge is 0.190 e. The first-order chi connectivity index (χ1) is 9.67. The SMILES string of the molecule is COc1[c]c2c(=O)cc(-c3cccc(F)c3)[nH]c2cc1. The van der Waals surface area contributed by atoms with Gasteiger partial charge in [-0.1, -0.05) is 12.1 Å². The van der Waals surface area contributed by atoms with Crippen LogP contribution < -0.4 is 10.2 Å². The van der Waals surface area contributed by atoms with Gasteiger partial charge in [0, 0.05) is 23.4 Å². The molecule has 4 heteroatoms. The Morgan fingerprint density at radius 2 is 2.05 bits per heavy atom. The van der Waals surface area contributed by atoms with Crippen LogP contribution in [0, 0.1) is 11.9 Å². The van der Waals surface area contributed by atoms with Gasteiger partial charge in [0.2, 0.25) is 0 Å². The number of benzene rings is 2. The van der Waals surface area contributed by atoms with E-state index >= 15 is 0 Å². The zero-order valence-electron chi connectivity index (χ0n) is 10.7. The predicted octanol–water partition coefficient (Wildman–Crippen LogP) is 3.14. The van der Waals surface area contributed by atoms with Crippen LogP contribution in [0.25, 0.3) is 22.2 Å². The number of methoxy groups -OCH3 is 1. The Morgan fingerprint density at radius 1 is 1.20 bits per heavy atom. The molecule has 0 spiro atoms. The average molecular weight is 268 g/mol. The van der Waals surface area contributed by atoms with Gasteiger partial charge in [-0.05, 0) is 24.3 Å². The van der Waals surface area contributed by atoms with Gasteiger partial charge in [0.05, 0.1) is 18.0 Å². The molecule has 1 N–H and O–H groups in total. The normalized spacial score (nSPS) is 10.7. The van der Waals surface area contributed by atoms with E-state index in [2.05, 4.69) is 11.1 Å². The van der Waals surface area contributed by atoms with Crippen molar-refractivity contribution in [2.75, 3.05) is 7.11 Å². The maximum atomic E-state index is 13.3. The van der Waals surface area contributed by atoms with Crippen LogP contribution in [0.1, 0.15) is 0 Å². The summed E-state index contributed by atoms with van der Waals surface area (Å²) in [7, 11) is 1.52. The van der Waals surface area contributed by atoms with Gasteiger partial charge < -0.3 is 9.72 Å². The first kappa shape index (κ1) is 12.4. The lowest BCUT2D eigenvalue weighted by Crippen LogP contribution is -2.03. The summed E-state index contributed by atoms with van der Waals surface area (Å²) in [6, 6.07) is 13.9. The fourth-order valence-electron chi connectivity index (χ4n) is 2.09. The highest BCUT2D eigenvalue weighted by atomic mass is 19.1. The van der Waals surface area contributed by atoms with Crippen molar-refractivity contribution >= 4 is 10.9 Å². The number of H-pyrrole nitrogens is 1. The highest BCUT2D eigenvalue weighted by Gasteiger charge is 2.06. The van der Waals surface area contributed by atoms with Crippen LogP contribution in [-0.4, -0.2) is 12.1 Å². The summed E-state index contributed by atoms with van der Waals surface area (Å²) >= 11 is 0. The number of rotatable bonds is 2. The first-order valence-electron chi connectivity index (χ1n) is 6.06. The molecule has 2 aromatic carbocycles. The molecule has 0 bridgehead atoms. The molecular weight excluding hydrogens is 257 g/mol. The van der Waals surface area contributed by atoms with E-state index < -0.39 is 0 Å². The second-order valence-electron chi connectivity index (χ2n) is 4.37. The molecule has 3 aromatic rings. The van der Waals surface area contributed by atoms with Crippen LogP contribution in [-0.2, 0) is 0 Å². The van der Waals surface area contributed by atoms with E-state index in [-0.39, 0.29) is 11.2 Å². The molecule has 99 valence electrons. The van der Waals surface area contributed by atoms with Gasteiger partial charge >= 0.3 is 0 Å². The van der Waals surface area contributed by atoms with Gasteiger partial charge in [-0.3, -0.25) is 4.79 Å². The number of hydrogen-bond acceptors (Lipinski definition) is 2. The molecular formula is C16H11FNO2. The quantitative estimate of drug-likeness (QED) is 0.775. The molecule has 3 nitrogen and oxygen atoms in total. The molecule has 1 aromatic heterocycles. The van der Waals surface area contributed by atoms with E-state index in [1.807, 2.05) is 0 Å². The van der Waals surface area contributed by atoms with Gasteiger partial charge in [0.15, 0.2) is 5.43 Å². The fraction of sp³-hybridized carbons (Fsp3) is 0.0625. The maximum Gasteiger partial charge on any atom is 0.190 e. The Hall–Kier alpha value is -2.62. The summed E-state index contributed by atoms with van der Waals surface area (Å²) in [5, 5.41) is 0.421. The number of aromatic amines is 1. The van der Waals surface area contributed by atoms with Crippen LogP contribution >= 0.6 is 0 Å². The Morgan fingerprint density at radius 3 is 2.80 bits per heavy atom. The molecule has 0 amide bonds. The minimum absolute atomic E-state index is 0.183. The second kappa shape index (κ2) is 4.81. The third kappa shape index (κ3) is 2.16. The summed E-state index contributed by atoms with van der Waals surface area (Å²) in [5.74, 6) is 0.159. The van der Waals surface area contributed by atoms with Crippen molar-refractivity contribution in [2.24, 2.45) is 0 Å². The van der Waals surface area contributed by atoms with E-state index in [0.29, 0.717) is 27.9 Å². The largest absolute Gasteiger partial charge is 0.496 e. The molecule has 0 unspecified atom stereocenters. The van der Waals surface area contributed by atoms with Gasteiger partial charge in [-0.2, -0.15) is 0 Å². The monoisotopic (exact) mass is 268 g/mol. The second-order valence-corrected chi connectivity index (χ2v) is 4.37. The van der Waals surface area contributed by atoms with Crippen molar-refractivity contribution in [3.8, 4) is 17.0 Å². The van der Waals surface area contributed by atoms with Crippen molar-refractivity contribution in [3.05, 3.63) is 64.6 Å². The zero-order valence-corrected chi connectivity index (χ0v) is 10.7. The van der Waals surface area contributed by atoms with E-state index in [4.69, 9.17) is 4.74 Å². The lowest BCUT2D eigenvalue weighted by Gasteiger charge is -2.06. The lowest BCUT2D eigenvalue weighted by atomic mass is 10.1. The number of hydrogen-bond donors (Lipinski definition) is 1. The van der Waals surface area contributed by atoms with Crippen molar-refractivity contribution < 1.29 is 9.13 Å². The van der Waals surface area contributed by atoms with Crippen LogP contribution in [0.3, 0.4) is 0 Å². The number of ether oxygens (including phenoxy) is 1. The molecule has 0 aliphatic carbocycles. The molecule has 0 aliphatic heterocycles. The van der Waals surface area contributed by atoms with Crippen LogP contribution in [0.2, 0.25) is 0 Å². The highest BCUT2D eigenvalue weighted by molar-refractivity contribution is 5.82. The summed E-state index contributed by atoms with van der Waals surface area (Å²) < 4.78 is 18.3. The molecule has 0 saturated carbocycles. The first-order valence-corrected chi connectivity index (χ1v) is 6.06. The predicted molar refractivity (Wildman–Crippen MR) is 75.4 cm³/mol. The van der Waals surface area contributed by atoms with Gasteiger partial charge in [0.25, 0.3) is 0 Å². The molecule has 1 radical (unpaired) electrons. The van der Waals surface area contributed by atoms with Gasteiger partial charge in [-0.15, -0.1) is 0 Å². The highest BCUT2D eigenvalue weighted by Crippen LogP contribution is 2.21. The Bertz CT molecular complexity index is 839. The number of nitrogens with one attached hydrogen (secondary N) is 1. The number of pyridine rings is 1. The molecule has 0 fully saturated rings. The summed E-state index contributed by atoms with van der Waals surface area (Å²) in [6.45, 7) is 0. The number of aromatic nitrogens is 1. The van der Waals surface area contributed by atoms with Crippen LogP contribution in [0.4, 0.5) is 4.39 Å². The number of fused-ring (bicyclic) bond motifs is 1. The van der Waals surface area contributed by atoms with Crippen molar-refractivity contribution in [2.45, 2.75) is 0 Å². The van der Waals surface area contributed by atoms with E-state index in [0.717, 1.165) is 0 Å². The van der Waals surface area contributed by atoms with Crippen molar-refractivity contribution in [1.29, 1.82) is 0 Å². The van der Waals surface area contributed by atoms with Gasteiger partial charge in [0.1, 0.15) is 11.6 Å². The molecule has 0 atom stereocenters. The molecule has 0 saturated heterocycles. The van der Waals surface area contributed by atoms with Gasteiger partial charge in [-0.25, -0.2) is 4.39 Å². The summed E-state index contributed by atoms with van der Waals surface area (Å²) in [5.41, 5.74) is 1.65. The van der Waals surface area contributed by atoms with Crippen molar-refractivity contribution in [3.63, 3.8) is 0 Å². The summed E-state index contributed by atoms with van der Waals surface area (Å²) in [6.07, 6.45) is 0. The number of halogens is 1. The summed E-state index contributed by atoms with van der Waals surface area (Å²) in [4.78, 5) is 15.2. The van der Waals surface area contributed by atoms with Crippen molar-refractivity contribution in [1.82, 2.24) is 4.98 Å². The maximum absolute atomic E-state index is 13.3. The molecule has 3 rings (SSSR count). The Balaban J connectivity index is 2.22. The molecule has 0 aliphatic rings. The minimum Gasteiger partial charge on any atom is -0.496 e. The topological polar surface area (TPSA) is 42.1 Å². The standard InChI is InChI=1S/C16H11FNO2/c1-20-12-5-6-14-13(8-12)16(19)9-15(18-14)10-3-2-4-11(17)7-10/h2-7,9H,1H3,(H,18,19). The Kier molecular flexibility index (Phi) is 2.99.